The Morgan fingerprint density at radius 1 is 0.977 bits per heavy atom. The van der Waals surface area contributed by atoms with Crippen molar-refractivity contribution in [1.29, 1.82) is 0 Å². The van der Waals surface area contributed by atoms with Crippen molar-refractivity contribution in [1.82, 2.24) is 9.66 Å². The second-order valence-electron chi connectivity index (χ2n) is 9.47. The van der Waals surface area contributed by atoms with Gasteiger partial charge in [-0.15, -0.1) is 0 Å². The van der Waals surface area contributed by atoms with Gasteiger partial charge in [0.1, 0.15) is 23.8 Å². The van der Waals surface area contributed by atoms with Gasteiger partial charge in [0.2, 0.25) is 5.82 Å². The van der Waals surface area contributed by atoms with Crippen molar-refractivity contribution in [3.63, 3.8) is 0 Å². The highest BCUT2D eigenvalue weighted by Gasteiger charge is 2.18. The van der Waals surface area contributed by atoms with Gasteiger partial charge in [-0.25, -0.2) is 9.37 Å². The molecular formula is C33H25FIN3O5. The van der Waals surface area contributed by atoms with Crippen molar-refractivity contribution >= 4 is 50.7 Å². The summed E-state index contributed by atoms with van der Waals surface area (Å²) in [5.74, 6) is 2.04. The molecule has 0 N–H and O–H groups in total. The number of para-hydroxylation sites is 1. The number of nitrogens with zero attached hydrogens (tertiary/aromatic N) is 3. The molecule has 0 saturated carbocycles. The Kier molecular flexibility index (Phi) is 8.10. The molecule has 10 heteroatoms. The SMILES string of the molecule is CCOc1cc(C=Nn2c(-c3cc4c(OC)cccc4o3)nc3ccccc3c2=O)cc(I)c1OCc1ccc(F)cc1. The van der Waals surface area contributed by atoms with Crippen LogP contribution in [-0.2, 0) is 6.61 Å². The minimum atomic E-state index is -0.344. The van der Waals surface area contributed by atoms with Crippen molar-refractivity contribution in [2.45, 2.75) is 13.5 Å². The van der Waals surface area contributed by atoms with Crippen molar-refractivity contribution in [3.05, 3.63) is 116 Å². The molecule has 2 aromatic heterocycles. The second-order valence-corrected chi connectivity index (χ2v) is 10.6. The number of fused-ring (bicyclic) bond motifs is 2. The zero-order chi connectivity index (χ0) is 29.9. The second kappa shape index (κ2) is 12.3. The Hall–Kier alpha value is -4.71. The molecule has 0 aliphatic rings. The van der Waals surface area contributed by atoms with E-state index in [2.05, 4.69) is 27.7 Å². The van der Waals surface area contributed by atoms with Gasteiger partial charge >= 0.3 is 0 Å². The van der Waals surface area contributed by atoms with E-state index in [9.17, 15) is 9.18 Å². The summed E-state index contributed by atoms with van der Waals surface area (Å²) in [4.78, 5) is 18.4. The Bertz CT molecular complexity index is 2040. The molecule has 8 nitrogen and oxygen atoms in total. The van der Waals surface area contributed by atoms with E-state index in [1.54, 1.807) is 55.8 Å². The lowest BCUT2D eigenvalue weighted by molar-refractivity contribution is 0.267. The molecule has 2 heterocycles. The normalized spacial score (nSPS) is 11.4. The molecule has 0 saturated heterocycles. The van der Waals surface area contributed by atoms with Crippen molar-refractivity contribution in [2.75, 3.05) is 13.7 Å². The van der Waals surface area contributed by atoms with E-state index < -0.39 is 0 Å². The molecule has 6 rings (SSSR count). The molecule has 4 aromatic carbocycles. The predicted octanol–water partition coefficient (Wildman–Crippen LogP) is 7.42. The number of hydrogen-bond acceptors (Lipinski definition) is 7. The number of methoxy groups -OCH3 is 1. The Labute approximate surface area is 259 Å². The molecule has 0 amide bonds. The highest BCUT2D eigenvalue weighted by Crippen LogP contribution is 2.35. The maximum Gasteiger partial charge on any atom is 0.282 e. The molecule has 0 unspecified atom stereocenters. The van der Waals surface area contributed by atoms with E-state index in [-0.39, 0.29) is 23.8 Å². The van der Waals surface area contributed by atoms with Gasteiger partial charge in [0.25, 0.3) is 5.56 Å². The lowest BCUT2D eigenvalue weighted by atomic mass is 10.2. The van der Waals surface area contributed by atoms with E-state index in [1.165, 1.54) is 16.8 Å². The topological polar surface area (TPSA) is 88.1 Å². The van der Waals surface area contributed by atoms with Gasteiger partial charge in [0, 0.05) is 0 Å². The van der Waals surface area contributed by atoms with Gasteiger partial charge in [0.15, 0.2) is 17.3 Å². The summed E-state index contributed by atoms with van der Waals surface area (Å²) in [7, 11) is 1.59. The summed E-state index contributed by atoms with van der Waals surface area (Å²) in [6.07, 6.45) is 1.57. The zero-order valence-corrected chi connectivity index (χ0v) is 25.4. The van der Waals surface area contributed by atoms with E-state index in [1.807, 2.05) is 37.3 Å². The number of halogens is 2. The number of hydrogen-bond donors (Lipinski definition) is 0. The first kappa shape index (κ1) is 28.4. The first-order chi connectivity index (χ1) is 20.9. The molecule has 43 heavy (non-hydrogen) atoms. The molecule has 0 spiro atoms. The van der Waals surface area contributed by atoms with Crippen LogP contribution in [0, 0.1) is 9.39 Å². The first-order valence-electron chi connectivity index (χ1n) is 13.4. The van der Waals surface area contributed by atoms with Crippen LogP contribution >= 0.6 is 22.6 Å². The maximum absolute atomic E-state index is 13.7. The summed E-state index contributed by atoms with van der Waals surface area (Å²) >= 11 is 2.17. The fraction of sp³-hybridized carbons (Fsp3) is 0.121. The lowest BCUT2D eigenvalue weighted by Crippen LogP contribution is -2.20. The molecule has 0 bridgehead atoms. The van der Waals surface area contributed by atoms with Gasteiger partial charge in [-0.2, -0.15) is 9.78 Å². The summed E-state index contributed by atoms with van der Waals surface area (Å²) in [5.41, 5.74) is 2.28. The number of ether oxygens (including phenoxy) is 3. The van der Waals surface area contributed by atoms with E-state index in [4.69, 9.17) is 23.6 Å². The maximum atomic E-state index is 13.7. The summed E-state index contributed by atoms with van der Waals surface area (Å²) in [5, 5.41) is 5.76. The van der Waals surface area contributed by atoms with E-state index in [0.29, 0.717) is 51.7 Å². The number of aromatic nitrogens is 2. The summed E-state index contributed by atoms with van der Waals surface area (Å²) in [6.45, 7) is 2.54. The molecule has 0 fully saturated rings. The van der Waals surface area contributed by atoms with Gasteiger partial charge < -0.3 is 18.6 Å². The van der Waals surface area contributed by atoms with Crippen molar-refractivity contribution < 1.29 is 23.0 Å². The molecule has 0 aliphatic heterocycles. The van der Waals surface area contributed by atoms with Crippen LogP contribution in [0.2, 0.25) is 0 Å². The monoisotopic (exact) mass is 689 g/mol. The molecule has 216 valence electrons. The van der Waals surface area contributed by atoms with Crippen LogP contribution in [0.5, 0.6) is 17.2 Å². The average Bonchev–Trinajstić information content (AvgIpc) is 3.46. The van der Waals surface area contributed by atoms with Gasteiger partial charge in [-0.05, 0) is 95.2 Å². The highest BCUT2D eigenvalue weighted by molar-refractivity contribution is 14.1. The van der Waals surface area contributed by atoms with Crippen LogP contribution in [-0.4, -0.2) is 29.6 Å². The fourth-order valence-corrected chi connectivity index (χ4v) is 5.42. The molecular weight excluding hydrogens is 664 g/mol. The minimum absolute atomic E-state index is 0.244. The standard InChI is InChI=1S/C33H25FIN3O5/c1-3-41-29-16-21(15-25(35)31(29)42-19-20-11-13-22(34)14-12-20)18-36-38-32(37-26-8-5-4-7-23(26)33(38)39)30-17-24-27(40-2)9-6-10-28(24)43-30/h4-18H,3,19H2,1-2H3. The highest BCUT2D eigenvalue weighted by atomic mass is 127. The lowest BCUT2D eigenvalue weighted by Gasteiger charge is -2.15. The van der Waals surface area contributed by atoms with Crippen LogP contribution in [0.3, 0.4) is 0 Å². The number of rotatable bonds is 9. The fourth-order valence-electron chi connectivity index (χ4n) is 4.64. The number of benzene rings is 4. The predicted molar refractivity (Wildman–Crippen MR) is 172 cm³/mol. The molecule has 0 aliphatic carbocycles. The summed E-state index contributed by atoms with van der Waals surface area (Å²) in [6, 6.07) is 24.2. The van der Waals surface area contributed by atoms with Crippen LogP contribution in [0.4, 0.5) is 4.39 Å². The van der Waals surface area contributed by atoms with Gasteiger partial charge in [-0.1, -0.05) is 30.3 Å². The van der Waals surface area contributed by atoms with E-state index in [0.717, 1.165) is 14.5 Å². The third kappa shape index (κ3) is 5.82. The Balaban J connectivity index is 1.41. The zero-order valence-electron chi connectivity index (χ0n) is 23.2. The van der Waals surface area contributed by atoms with Crippen LogP contribution in [0.1, 0.15) is 18.1 Å². The van der Waals surface area contributed by atoms with Crippen molar-refractivity contribution in [2.24, 2.45) is 5.10 Å². The average molecular weight is 689 g/mol. The Morgan fingerprint density at radius 2 is 1.79 bits per heavy atom. The van der Waals surface area contributed by atoms with Crippen LogP contribution in [0.25, 0.3) is 33.5 Å². The largest absolute Gasteiger partial charge is 0.496 e. The van der Waals surface area contributed by atoms with E-state index >= 15 is 0 Å². The van der Waals surface area contributed by atoms with Crippen LogP contribution in [0.15, 0.2) is 99.2 Å². The third-order valence-corrected chi connectivity index (χ3v) is 7.47. The van der Waals surface area contributed by atoms with Gasteiger partial charge in [-0.3, -0.25) is 4.79 Å². The number of furan rings is 1. The molecule has 0 radical (unpaired) electrons. The first-order valence-corrected chi connectivity index (χ1v) is 14.5. The minimum Gasteiger partial charge on any atom is -0.496 e. The van der Waals surface area contributed by atoms with Gasteiger partial charge in [0.05, 0.1) is 39.8 Å². The molecule has 0 atom stereocenters. The van der Waals surface area contributed by atoms with Crippen molar-refractivity contribution in [3.8, 4) is 28.8 Å². The molecule has 6 aromatic rings. The quantitative estimate of drug-likeness (QED) is 0.116. The van der Waals surface area contributed by atoms with Crippen LogP contribution < -0.4 is 19.8 Å². The Morgan fingerprint density at radius 3 is 2.58 bits per heavy atom. The summed E-state index contributed by atoms with van der Waals surface area (Å²) < 4.78 is 38.9. The smallest absolute Gasteiger partial charge is 0.282 e. The third-order valence-electron chi connectivity index (χ3n) is 6.67.